The number of imidazole rings is 1. The zero-order valence-electron chi connectivity index (χ0n) is 8.98. The van der Waals surface area contributed by atoms with Gasteiger partial charge in [0.1, 0.15) is 10.6 Å². The van der Waals surface area contributed by atoms with Crippen molar-refractivity contribution in [3.05, 3.63) is 22.5 Å². The lowest BCUT2D eigenvalue weighted by molar-refractivity contribution is 0.0531. The van der Waals surface area contributed by atoms with Gasteiger partial charge in [0.25, 0.3) is 0 Å². The van der Waals surface area contributed by atoms with Crippen LogP contribution in [0.3, 0.4) is 0 Å². The third-order valence-electron chi connectivity index (χ3n) is 2.17. The molecule has 0 aliphatic carbocycles. The van der Waals surface area contributed by atoms with Crippen LogP contribution in [-0.2, 0) is 4.74 Å². The highest BCUT2D eigenvalue weighted by Crippen LogP contribution is 2.23. The van der Waals surface area contributed by atoms with Crippen molar-refractivity contribution in [2.24, 2.45) is 0 Å². The second-order valence-corrected chi connectivity index (χ2v) is 4.14. The first-order valence-electron chi connectivity index (χ1n) is 4.79. The Hall–Kier alpha value is -1.80. The highest BCUT2D eigenvalue weighted by Gasteiger charge is 2.17. The number of thiazole rings is 1. The molecule has 0 saturated carbocycles. The van der Waals surface area contributed by atoms with Gasteiger partial charge in [-0.1, -0.05) is 11.3 Å². The van der Waals surface area contributed by atoms with Crippen LogP contribution >= 0.6 is 11.3 Å². The standard InChI is InChI=1S/C11H10N2O2S/c1-4-8-6-13-7(3)9(10(14)15-5-2)16-11(13)12-8/h1,6H,5H2,2-3H3. The van der Waals surface area contributed by atoms with Gasteiger partial charge in [-0.25, -0.2) is 9.78 Å². The Balaban J connectivity index is 2.50. The Morgan fingerprint density at radius 3 is 3.06 bits per heavy atom. The molecule has 0 unspecified atom stereocenters. The van der Waals surface area contributed by atoms with E-state index in [2.05, 4.69) is 10.9 Å². The SMILES string of the molecule is C#Cc1cn2c(C)c(C(=O)OCC)sc2n1. The summed E-state index contributed by atoms with van der Waals surface area (Å²) in [5, 5.41) is 0. The molecule has 0 bridgehead atoms. The smallest absolute Gasteiger partial charge is 0.350 e. The summed E-state index contributed by atoms with van der Waals surface area (Å²) >= 11 is 1.29. The Kier molecular flexibility index (Phi) is 2.67. The predicted octanol–water partition coefficient (Wildman–Crippen LogP) is 1.86. The summed E-state index contributed by atoms with van der Waals surface area (Å²) in [6, 6.07) is 0. The largest absolute Gasteiger partial charge is 0.462 e. The summed E-state index contributed by atoms with van der Waals surface area (Å²) < 4.78 is 6.77. The quantitative estimate of drug-likeness (QED) is 0.588. The predicted molar refractivity (Wildman–Crippen MR) is 61.7 cm³/mol. The maximum atomic E-state index is 11.6. The summed E-state index contributed by atoms with van der Waals surface area (Å²) in [6.07, 6.45) is 7.00. The van der Waals surface area contributed by atoms with Crippen LogP contribution in [0.15, 0.2) is 6.20 Å². The molecule has 0 N–H and O–H groups in total. The number of terminal acetylenes is 1. The Labute approximate surface area is 96.9 Å². The van der Waals surface area contributed by atoms with Gasteiger partial charge < -0.3 is 4.74 Å². The maximum Gasteiger partial charge on any atom is 0.350 e. The number of fused-ring (bicyclic) bond motifs is 1. The number of rotatable bonds is 2. The number of nitrogens with zero attached hydrogens (tertiary/aromatic N) is 2. The number of hydrogen-bond acceptors (Lipinski definition) is 4. The van der Waals surface area contributed by atoms with Gasteiger partial charge in [0.15, 0.2) is 4.96 Å². The highest BCUT2D eigenvalue weighted by molar-refractivity contribution is 7.19. The van der Waals surface area contributed by atoms with Gasteiger partial charge in [0, 0.05) is 11.9 Å². The number of aryl methyl sites for hydroxylation is 1. The van der Waals surface area contributed by atoms with E-state index in [1.54, 1.807) is 13.1 Å². The first-order valence-corrected chi connectivity index (χ1v) is 5.61. The van der Waals surface area contributed by atoms with Gasteiger partial charge in [-0.3, -0.25) is 4.40 Å². The lowest BCUT2D eigenvalue weighted by Gasteiger charge is -1.98. The number of ether oxygens (including phenoxy) is 1. The molecule has 2 aromatic rings. The minimum absolute atomic E-state index is 0.308. The number of carbonyl (C=O) groups is 1. The van der Waals surface area contributed by atoms with Gasteiger partial charge in [-0.2, -0.15) is 0 Å². The van der Waals surface area contributed by atoms with Crippen LogP contribution in [0.2, 0.25) is 0 Å². The van der Waals surface area contributed by atoms with Gasteiger partial charge in [0.2, 0.25) is 0 Å². The molecule has 0 spiro atoms. The summed E-state index contributed by atoms with van der Waals surface area (Å²) in [4.78, 5) is 17.1. The van der Waals surface area contributed by atoms with Crippen molar-refractivity contribution >= 4 is 22.3 Å². The van der Waals surface area contributed by atoms with Crippen molar-refractivity contribution in [2.75, 3.05) is 6.61 Å². The van der Waals surface area contributed by atoms with E-state index in [9.17, 15) is 4.79 Å². The molecular weight excluding hydrogens is 224 g/mol. The van der Waals surface area contributed by atoms with Gasteiger partial charge >= 0.3 is 5.97 Å². The second-order valence-electron chi connectivity index (χ2n) is 3.16. The van der Waals surface area contributed by atoms with Crippen molar-refractivity contribution in [3.8, 4) is 12.3 Å². The lowest BCUT2D eigenvalue weighted by Crippen LogP contribution is -2.04. The molecule has 0 aliphatic rings. The van der Waals surface area contributed by atoms with Crippen LogP contribution in [0.5, 0.6) is 0 Å². The number of aromatic nitrogens is 2. The minimum atomic E-state index is -0.308. The number of esters is 1. The topological polar surface area (TPSA) is 43.6 Å². The van der Waals surface area contributed by atoms with E-state index in [1.807, 2.05) is 11.3 Å². The minimum Gasteiger partial charge on any atom is -0.462 e. The number of hydrogen-bond donors (Lipinski definition) is 0. The Bertz CT molecular complexity index is 589. The van der Waals surface area contributed by atoms with Crippen LogP contribution in [0, 0.1) is 19.3 Å². The molecule has 16 heavy (non-hydrogen) atoms. The molecule has 0 amide bonds. The molecule has 82 valence electrons. The number of carbonyl (C=O) groups excluding carboxylic acids is 1. The van der Waals surface area contributed by atoms with E-state index in [0.29, 0.717) is 22.1 Å². The second kappa shape index (κ2) is 3.99. The molecule has 0 aromatic carbocycles. The van der Waals surface area contributed by atoms with E-state index < -0.39 is 0 Å². The van der Waals surface area contributed by atoms with Crippen LogP contribution in [0.1, 0.15) is 28.0 Å². The maximum absolute atomic E-state index is 11.6. The van der Waals surface area contributed by atoms with Crippen molar-refractivity contribution in [1.29, 1.82) is 0 Å². The van der Waals surface area contributed by atoms with E-state index in [0.717, 1.165) is 5.69 Å². The van der Waals surface area contributed by atoms with Crippen molar-refractivity contribution in [3.63, 3.8) is 0 Å². The Morgan fingerprint density at radius 2 is 2.50 bits per heavy atom. The molecule has 2 heterocycles. The molecule has 2 aromatic heterocycles. The van der Waals surface area contributed by atoms with E-state index >= 15 is 0 Å². The fourth-order valence-corrected chi connectivity index (χ4v) is 2.41. The van der Waals surface area contributed by atoms with Crippen molar-refractivity contribution < 1.29 is 9.53 Å². The van der Waals surface area contributed by atoms with Crippen LogP contribution in [0.4, 0.5) is 0 Å². The van der Waals surface area contributed by atoms with Crippen LogP contribution < -0.4 is 0 Å². The molecule has 0 fully saturated rings. The first kappa shape index (κ1) is 10.7. The van der Waals surface area contributed by atoms with Crippen LogP contribution in [0.25, 0.3) is 4.96 Å². The van der Waals surface area contributed by atoms with E-state index in [-0.39, 0.29) is 5.97 Å². The molecule has 0 saturated heterocycles. The highest BCUT2D eigenvalue weighted by atomic mass is 32.1. The zero-order chi connectivity index (χ0) is 11.7. The molecule has 2 rings (SSSR count). The summed E-state index contributed by atoms with van der Waals surface area (Å²) in [5.41, 5.74) is 1.39. The molecular formula is C11H10N2O2S. The molecule has 0 atom stereocenters. The fourth-order valence-electron chi connectivity index (χ4n) is 1.41. The zero-order valence-corrected chi connectivity index (χ0v) is 9.80. The lowest BCUT2D eigenvalue weighted by atomic mass is 10.4. The monoisotopic (exact) mass is 234 g/mol. The van der Waals surface area contributed by atoms with Gasteiger partial charge in [-0.15, -0.1) is 6.42 Å². The van der Waals surface area contributed by atoms with Gasteiger partial charge in [-0.05, 0) is 19.8 Å². The third kappa shape index (κ3) is 1.57. The summed E-state index contributed by atoms with van der Waals surface area (Å²) in [5.74, 6) is 2.15. The molecule has 0 aliphatic heterocycles. The molecule has 5 heteroatoms. The first-order chi connectivity index (χ1) is 7.67. The van der Waals surface area contributed by atoms with E-state index in [1.165, 1.54) is 11.3 Å². The average molecular weight is 234 g/mol. The Morgan fingerprint density at radius 1 is 1.75 bits per heavy atom. The van der Waals surface area contributed by atoms with Crippen molar-refractivity contribution in [1.82, 2.24) is 9.38 Å². The molecule has 4 nitrogen and oxygen atoms in total. The van der Waals surface area contributed by atoms with Gasteiger partial charge in [0.05, 0.1) is 6.61 Å². The summed E-state index contributed by atoms with van der Waals surface area (Å²) in [6.45, 7) is 3.99. The normalized spacial score (nSPS) is 10.3. The van der Waals surface area contributed by atoms with Crippen LogP contribution in [-0.4, -0.2) is 22.0 Å². The molecule has 0 radical (unpaired) electrons. The third-order valence-corrected chi connectivity index (χ3v) is 3.30. The average Bonchev–Trinajstić information content (AvgIpc) is 2.79. The fraction of sp³-hybridized carbons (Fsp3) is 0.273. The van der Waals surface area contributed by atoms with Crippen molar-refractivity contribution in [2.45, 2.75) is 13.8 Å². The van der Waals surface area contributed by atoms with E-state index in [4.69, 9.17) is 11.2 Å². The summed E-state index contributed by atoms with van der Waals surface area (Å²) in [7, 11) is 0.